The fourth-order valence-corrected chi connectivity index (χ4v) is 3.03. The van der Waals surface area contributed by atoms with E-state index in [4.69, 9.17) is 18.9 Å². The normalized spacial score (nSPS) is 27.9. The van der Waals surface area contributed by atoms with Crippen LogP contribution >= 0.6 is 15.9 Å². The second-order valence-electron chi connectivity index (χ2n) is 11.0. The van der Waals surface area contributed by atoms with Gasteiger partial charge in [-0.2, -0.15) is 0 Å². The van der Waals surface area contributed by atoms with Gasteiger partial charge in [0.05, 0.1) is 16.2 Å². The second-order valence-corrected chi connectivity index (χ2v) is 11.9. The zero-order valence-electron chi connectivity index (χ0n) is 19.8. The standard InChI is InChI=1S/C22H37BrO7/c1-12-14(29-18(25)21(5,6)7)15(30-19(26)22(8,9)10)13(28-16(12)23)11-27-17(24)20(2,3)4/h12-16H,11H2,1-10H3/t12-,13+,14+,15+,16-/m0/s1. The minimum absolute atomic E-state index is 0.128. The first-order valence-electron chi connectivity index (χ1n) is 10.2. The summed E-state index contributed by atoms with van der Waals surface area (Å²) in [4.78, 5) is 37.5. The molecule has 0 aliphatic carbocycles. The van der Waals surface area contributed by atoms with E-state index in [2.05, 4.69) is 15.9 Å². The molecule has 1 aliphatic heterocycles. The number of alkyl halides is 1. The number of ether oxygens (including phenoxy) is 4. The molecule has 8 heteroatoms. The summed E-state index contributed by atoms with van der Waals surface area (Å²) in [5, 5.41) is -0.474. The van der Waals surface area contributed by atoms with Gasteiger partial charge < -0.3 is 18.9 Å². The Balaban J connectivity index is 3.20. The molecule has 0 saturated carbocycles. The van der Waals surface area contributed by atoms with Gasteiger partial charge in [-0.05, 0) is 62.3 Å². The molecular formula is C22H37BrO7. The highest BCUT2D eigenvalue weighted by Crippen LogP contribution is 2.36. The summed E-state index contributed by atoms with van der Waals surface area (Å²) in [7, 11) is 0. The van der Waals surface area contributed by atoms with E-state index in [1.54, 1.807) is 62.3 Å². The first-order valence-corrected chi connectivity index (χ1v) is 11.2. The van der Waals surface area contributed by atoms with Gasteiger partial charge in [-0.25, -0.2) is 0 Å². The number of carbonyl (C=O) groups is 3. The molecule has 1 aliphatic rings. The van der Waals surface area contributed by atoms with Crippen LogP contribution in [0.25, 0.3) is 0 Å². The zero-order valence-corrected chi connectivity index (χ0v) is 21.4. The van der Waals surface area contributed by atoms with Crippen LogP contribution in [0.15, 0.2) is 0 Å². The maximum atomic E-state index is 12.7. The monoisotopic (exact) mass is 492 g/mol. The molecular weight excluding hydrogens is 456 g/mol. The van der Waals surface area contributed by atoms with Gasteiger partial charge in [-0.15, -0.1) is 0 Å². The average Bonchev–Trinajstić information content (AvgIpc) is 2.56. The van der Waals surface area contributed by atoms with Crippen molar-refractivity contribution in [2.45, 2.75) is 92.6 Å². The Morgan fingerprint density at radius 2 is 1.17 bits per heavy atom. The topological polar surface area (TPSA) is 88.1 Å². The zero-order chi connectivity index (χ0) is 23.7. The summed E-state index contributed by atoms with van der Waals surface area (Å²) in [5.74, 6) is -1.58. The quantitative estimate of drug-likeness (QED) is 0.329. The molecule has 174 valence electrons. The summed E-state index contributed by atoms with van der Waals surface area (Å²) in [6.07, 6.45) is -2.47. The Kier molecular flexibility index (Phi) is 8.56. The van der Waals surface area contributed by atoms with Gasteiger partial charge in [-0.1, -0.05) is 22.9 Å². The molecule has 1 fully saturated rings. The van der Waals surface area contributed by atoms with Gasteiger partial charge in [-0.3, -0.25) is 14.4 Å². The molecule has 0 unspecified atom stereocenters. The number of hydrogen-bond donors (Lipinski definition) is 0. The van der Waals surface area contributed by atoms with Crippen LogP contribution in [0, 0.1) is 22.2 Å². The van der Waals surface area contributed by atoms with Crippen LogP contribution in [0.5, 0.6) is 0 Å². The van der Waals surface area contributed by atoms with Gasteiger partial charge in [0, 0.05) is 5.92 Å². The smallest absolute Gasteiger partial charge is 0.311 e. The SMILES string of the molecule is C[C@H]1[C@@H](OC(=O)C(C)(C)C)[C@H](OC(=O)C(C)(C)C)[C@@H](COC(=O)C(C)(C)C)O[C@@H]1Br. The van der Waals surface area contributed by atoms with E-state index in [0.29, 0.717) is 0 Å². The molecule has 0 spiro atoms. The van der Waals surface area contributed by atoms with Crippen molar-refractivity contribution in [3.8, 4) is 0 Å². The first kappa shape index (κ1) is 26.9. The lowest BCUT2D eigenvalue weighted by molar-refractivity contribution is -0.225. The molecule has 0 aromatic rings. The Bertz CT molecular complexity index is 639. The minimum Gasteiger partial charge on any atom is -0.462 e. The van der Waals surface area contributed by atoms with Gasteiger partial charge in [0.15, 0.2) is 6.10 Å². The molecule has 1 rings (SSSR count). The lowest BCUT2D eigenvalue weighted by atomic mass is 9.91. The van der Waals surface area contributed by atoms with Crippen molar-refractivity contribution in [3.63, 3.8) is 0 Å². The Morgan fingerprint density at radius 1 is 0.767 bits per heavy atom. The molecule has 0 radical (unpaired) electrons. The van der Waals surface area contributed by atoms with Crippen LogP contribution in [0.1, 0.15) is 69.2 Å². The average molecular weight is 493 g/mol. The summed E-state index contributed by atoms with van der Waals surface area (Å²) >= 11 is 3.46. The molecule has 7 nitrogen and oxygen atoms in total. The third-order valence-corrected chi connectivity index (χ3v) is 5.68. The third kappa shape index (κ3) is 7.22. The first-order chi connectivity index (χ1) is 13.4. The van der Waals surface area contributed by atoms with Crippen molar-refractivity contribution in [2.24, 2.45) is 22.2 Å². The van der Waals surface area contributed by atoms with Crippen LogP contribution in [-0.2, 0) is 33.3 Å². The van der Waals surface area contributed by atoms with E-state index in [9.17, 15) is 14.4 Å². The Labute approximate surface area is 188 Å². The Morgan fingerprint density at radius 3 is 1.57 bits per heavy atom. The molecule has 1 heterocycles. The van der Waals surface area contributed by atoms with E-state index in [1.807, 2.05) is 6.92 Å². The molecule has 1 saturated heterocycles. The number of rotatable bonds is 4. The van der Waals surface area contributed by atoms with Gasteiger partial charge in [0.1, 0.15) is 23.8 Å². The molecule has 5 atom stereocenters. The maximum absolute atomic E-state index is 12.7. The van der Waals surface area contributed by atoms with Crippen molar-refractivity contribution in [1.82, 2.24) is 0 Å². The minimum atomic E-state index is -0.917. The van der Waals surface area contributed by atoms with E-state index < -0.39 is 57.5 Å². The lowest BCUT2D eigenvalue weighted by Gasteiger charge is -2.44. The highest BCUT2D eigenvalue weighted by Gasteiger charge is 2.49. The molecule has 0 bridgehead atoms. The Hall–Kier alpha value is -1.15. The van der Waals surface area contributed by atoms with Gasteiger partial charge in [0.25, 0.3) is 0 Å². The van der Waals surface area contributed by atoms with E-state index in [-0.39, 0.29) is 12.5 Å². The molecule has 0 aromatic carbocycles. The van der Waals surface area contributed by atoms with Crippen molar-refractivity contribution in [2.75, 3.05) is 6.61 Å². The lowest BCUT2D eigenvalue weighted by Crippen LogP contribution is -2.58. The van der Waals surface area contributed by atoms with Crippen LogP contribution in [-0.4, -0.2) is 47.8 Å². The van der Waals surface area contributed by atoms with E-state index in [1.165, 1.54) is 0 Å². The summed E-state index contributed by atoms with van der Waals surface area (Å²) in [6.45, 7) is 17.4. The number of carbonyl (C=O) groups excluding carboxylic acids is 3. The highest BCUT2D eigenvalue weighted by atomic mass is 79.9. The molecule has 30 heavy (non-hydrogen) atoms. The molecule has 0 amide bonds. The summed E-state index contributed by atoms with van der Waals surface area (Å²) < 4.78 is 23.0. The van der Waals surface area contributed by atoms with Gasteiger partial charge >= 0.3 is 17.9 Å². The van der Waals surface area contributed by atoms with E-state index >= 15 is 0 Å². The second kappa shape index (κ2) is 9.55. The van der Waals surface area contributed by atoms with E-state index in [0.717, 1.165) is 0 Å². The predicted octanol–water partition coefficient (Wildman–Crippen LogP) is 4.25. The number of halogens is 1. The van der Waals surface area contributed by atoms with Crippen molar-refractivity contribution in [1.29, 1.82) is 0 Å². The number of hydrogen-bond acceptors (Lipinski definition) is 7. The number of esters is 3. The van der Waals surface area contributed by atoms with Crippen LogP contribution in [0.4, 0.5) is 0 Å². The molecule has 0 N–H and O–H groups in total. The largest absolute Gasteiger partial charge is 0.462 e. The highest BCUT2D eigenvalue weighted by molar-refractivity contribution is 9.09. The molecule has 0 aromatic heterocycles. The third-order valence-electron chi connectivity index (χ3n) is 4.63. The summed E-state index contributed by atoms with van der Waals surface area (Å²) in [5.41, 5.74) is -2.18. The van der Waals surface area contributed by atoms with Crippen LogP contribution in [0.2, 0.25) is 0 Å². The maximum Gasteiger partial charge on any atom is 0.311 e. The van der Waals surface area contributed by atoms with Crippen molar-refractivity contribution in [3.05, 3.63) is 0 Å². The predicted molar refractivity (Wildman–Crippen MR) is 116 cm³/mol. The van der Waals surface area contributed by atoms with Crippen LogP contribution in [0.3, 0.4) is 0 Å². The summed E-state index contributed by atoms with van der Waals surface area (Å²) in [6, 6.07) is 0. The fourth-order valence-electron chi connectivity index (χ4n) is 2.45. The van der Waals surface area contributed by atoms with Crippen molar-refractivity contribution >= 4 is 33.8 Å². The fraction of sp³-hybridized carbons (Fsp3) is 0.864. The van der Waals surface area contributed by atoms with Gasteiger partial charge in [0.2, 0.25) is 0 Å². The van der Waals surface area contributed by atoms with Crippen LogP contribution < -0.4 is 0 Å². The van der Waals surface area contributed by atoms with Crippen molar-refractivity contribution < 1.29 is 33.3 Å².